The minimum absolute atomic E-state index is 0.0173. The summed E-state index contributed by atoms with van der Waals surface area (Å²) in [7, 11) is 0. The molecular weight excluding hydrogens is 256 g/mol. The summed E-state index contributed by atoms with van der Waals surface area (Å²) in [6.07, 6.45) is 3.52. The van der Waals surface area contributed by atoms with E-state index in [9.17, 15) is 4.79 Å². The van der Waals surface area contributed by atoms with Crippen molar-refractivity contribution in [2.45, 2.75) is 26.7 Å². The fourth-order valence-electron chi connectivity index (χ4n) is 1.92. The van der Waals surface area contributed by atoms with Crippen LogP contribution in [0.2, 0.25) is 0 Å². The first kappa shape index (κ1) is 13.7. The van der Waals surface area contributed by atoms with E-state index in [0.717, 1.165) is 23.4 Å². The summed E-state index contributed by atoms with van der Waals surface area (Å²) in [5.74, 6) is 0.0173. The zero-order valence-corrected chi connectivity index (χ0v) is 12.1. The van der Waals surface area contributed by atoms with Gasteiger partial charge in [-0.05, 0) is 37.1 Å². The lowest BCUT2D eigenvalue weighted by atomic mass is 10.2. The van der Waals surface area contributed by atoms with Gasteiger partial charge in [-0.15, -0.1) is 11.3 Å². The second kappa shape index (κ2) is 6.48. The number of rotatable bonds is 5. The zero-order valence-electron chi connectivity index (χ0n) is 11.3. The number of hydrogen-bond acceptors (Lipinski definition) is 3. The molecule has 0 saturated carbocycles. The van der Waals surface area contributed by atoms with Crippen LogP contribution >= 0.6 is 11.3 Å². The molecule has 0 aromatic carbocycles. The van der Waals surface area contributed by atoms with Crippen LogP contribution in [0, 0.1) is 6.92 Å². The van der Waals surface area contributed by atoms with Gasteiger partial charge in [-0.1, -0.05) is 13.0 Å². The molecule has 0 unspecified atom stereocenters. The molecule has 0 atom stereocenters. The molecule has 4 heteroatoms. The first-order chi connectivity index (χ1) is 9.20. The molecule has 2 heterocycles. The van der Waals surface area contributed by atoms with Crippen LogP contribution in [-0.4, -0.2) is 17.4 Å². The lowest BCUT2D eigenvalue weighted by Gasteiger charge is -2.02. The Balaban J connectivity index is 1.87. The van der Waals surface area contributed by atoms with Crippen molar-refractivity contribution >= 4 is 17.2 Å². The van der Waals surface area contributed by atoms with E-state index in [-0.39, 0.29) is 5.91 Å². The standard InChI is InChI=1S/C15H18N2OS/c1-3-13-11(2)10-14(19-13)15(18)17-9-7-12-6-4-5-8-16-12/h4-6,8,10H,3,7,9H2,1-2H3,(H,17,18). The third-order valence-corrected chi connectivity index (χ3v) is 4.34. The van der Waals surface area contributed by atoms with Gasteiger partial charge in [-0.3, -0.25) is 9.78 Å². The summed E-state index contributed by atoms with van der Waals surface area (Å²) in [6, 6.07) is 7.79. The molecule has 100 valence electrons. The maximum absolute atomic E-state index is 12.0. The number of aryl methyl sites for hydroxylation is 2. The molecule has 0 radical (unpaired) electrons. The second-order valence-corrected chi connectivity index (χ2v) is 5.53. The molecule has 0 spiro atoms. The van der Waals surface area contributed by atoms with E-state index in [0.29, 0.717) is 6.54 Å². The van der Waals surface area contributed by atoms with Gasteiger partial charge in [-0.2, -0.15) is 0 Å². The van der Waals surface area contributed by atoms with E-state index in [4.69, 9.17) is 0 Å². The maximum Gasteiger partial charge on any atom is 0.261 e. The minimum Gasteiger partial charge on any atom is -0.351 e. The van der Waals surface area contributed by atoms with Crippen molar-refractivity contribution in [3.63, 3.8) is 0 Å². The number of aromatic nitrogens is 1. The van der Waals surface area contributed by atoms with Crippen molar-refractivity contribution in [1.82, 2.24) is 10.3 Å². The minimum atomic E-state index is 0.0173. The molecule has 3 nitrogen and oxygen atoms in total. The summed E-state index contributed by atoms with van der Waals surface area (Å²) in [5.41, 5.74) is 2.21. The predicted molar refractivity (Wildman–Crippen MR) is 78.7 cm³/mol. The molecule has 0 bridgehead atoms. The Kier molecular flexibility index (Phi) is 4.68. The van der Waals surface area contributed by atoms with Crippen molar-refractivity contribution in [3.8, 4) is 0 Å². The number of nitrogens with zero attached hydrogens (tertiary/aromatic N) is 1. The van der Waals surface area contributed by atoms with Crippen LogP contribution in [0.3, 0.4) is 0 Å². The number of amides is 1. The van der Waals surface area contributed by atoms with Gasteiger partial charge in [0.05, 0.1) is 4.88 Å². The normalized spacial score (nSPS) is 10.4. The van der Waals surface area contributed by atoms with E-state index < -0.39 is 0 Å². The van der Waals surface area contributed by atoms with Crippen molar-refractivity contribution in [2.75, 3.05) is 6.54 Å². The van der Waals surface area contributed by atoms with Gasteiger partial charge in [0.15, 0.2) is 0 Å². The molecule has 0 fully saturated rings. The van der Waals surface area contributed by atoms with Gasteiger partial charge in [0.2, 0.25) is 0 Å². The first-order valence-electron chi connectivity index (χ1n) is 6.48. The highest BCUT2D eigenvalue weighted by Gasteiger charge is 2.10. The lowest BCUT2D eigenvalue weighted by molar-refractivity contribution is 0.0958. The molecule has 0 aliphatic rings. The largest absolute Gasteiger partial charge is 0.351 e. The first-order valence-corrected chi connectivity index (χ1v) is 7.29. The van der Waals surface area contributed by atoms with E-state index in [1.54, 1.807) is 17.5 Å². The van der Waals surface area contributed by atoms with Crippen molar-refractivity contribution in [2.24, 2.45) is 0 Å². The third kappa shape index (κ3) is 3.64. The zero-order chi connectivity index (χ0) is 13.7. The van der Waals surface area contributed by atoms with E-state index in [1.807, 2.05) is 24.3 Å². The third-order valence-electron chi connectivity index (χ3n) is 2.96. The van der Waals surface area contributed by atoms with Crippen molar-refractivity contribution in [3.05, 3.63) is 51.5 Å². The summed E-state index contributed by atoms with van der Waals surface area (Å²) in [5, 5.41) is 2.94. The predicted octanol–water partition coefficient (Wildman–Crippen LogP) is 2.99. The number of thiophene rings is 1. The fourth-order valence-corrected chi connectivity index (χ4v) is 2.95. The number of pyridine rings is 1. The average molecular weight is 274 g/mol. The average Bonchev–Trinajstić information content (AvgIpc) is 2.81. The van der Waals surface area contributed by atoms with Crippen LogP contribution in [0.15, 0.2) is 30.5 Å². The molecule has 2 aromatic rings. The van der Waals surface area contributed by atoms with E-state index in [1.165, 1.54) is 10.4 Å². The van der Waals surface area contributed by atoms with E-state index in [2.05, 4.69) is 24.1 Å². The fraction of sp³-hybridized carbons (Fsp3) is 0.333. The van der Waals surface area contributed by atoms with Crippen LogP contribution in [0.1, 0.15) is 32.7 Å². The van der Waals surface area contributed by atoms with Gasteiger partial charge in [-0.25, -0.2) is 0 Å². The number of carbonyl (C=O) groups excluding carboxylic acids is 1. The number of carbonyl (C=O) groups is 1. The lowest BCUT2D eigenvalue weighted by Crippen LogP contribution is -2.25. The Morgan fingerprint density at radius 1 is 1.42 bits per heavy atom. The Labute approximate surface area is 117 Å². The van der Waals surface area contributed by atoms with Gasteiger partial charge >= 0.3 is 0 Å². The quantitative estimate of drug-likeness (QED) is 0.910. The van der Waals surface area contributed by atoms with E-state index >= 15 is 0 Å². The second-order valence-electron chi connectivity index (χ2n) is 4.40. The molecule has 2 aromatic heterocycles. The topological polar surface area (TPSA) is 42.0 Å². The molecule has 2 rings (SSSR count). The molecule has 0 saturated heterocycles. The number of hydrogen-bond donors (Lipinski definition) is 1. The smallest absolute Gasteiger partial charge is 0.261 e. The monoisotopic (exact) mass is 274 g/mol. The molecule has 0 aliphatic heterocycles. The highest BCUT2D eigenvalue weighted by Crippen LogP contribution is 2.22. The summed E-state index contributed by atoms with van der Waals surface area (Å²) in [6.45, 7) is 4.79. The number of nitrogens with one attached hydrogen (secondary N) is 1. The van der Waals surface area contributed by atoms with Crippen LogP contribution in [0.25, 0.3) is 0 Å². The Morgan fingerprint density at radius 3 is 2.89 bits per heavy atom. The van der Waals surface area contributed by atoms with Crippen LogP contribution in [-0.2, 0) is 12.8 Å². The summed E-state index contributed by atoms with van der Waals surface area (Å²) < 4.78 is 0. The summed E-state index contributed by atoms with van der Waals surface area (Å²) >= 11 is 1.59. The van der Waals surface area contributed by atoms with Crippen molar-refractivity contribution in [1.29, 1.82) is 0 Å². The Hall–Kier alpha value is -1.68. The molecule has 19 heavy (non-hydrogen) atoms. The van der Waals surface area contributed by atoms with Crippen molar-refractivity contribution < 1.29 is 4.79 Å². The maximum atomic E-state index is 12.0. The van der Waals surface area contributed by atoms with Gasteiger partial charge in [0, 0.05) is 29.7 Å². The highest BCUT2D eigenvalue weighted by molar-refractivity contribution is 7.14. The summed E-state index contributed by atoms with van der Waals surface area (Å²) in [4.78, 5) is 18.3. The Morgan fingerprint density at radius 2 is 2.26 bits per heavy atom. The molecular formula is C15H18N2OS. The van der Waals surface area contributed by atoms with Crippen LogP contribution in [0.5, 0.6) is 0 Å². The van der Waals surface area contributed by atoms with Gasteiger partial charge in [0.25, 0.3) is 5.91 Å². The molecule has 1 amide bonds. The molecule has 1 N–H and O–H groups in total. The van der Waals surface area contributed by atoms with Crippen LogP contribution < -0.4 is 5.32 Å². The Bertz CT molecular complexity index is 549. The van der Waals surface area contributed by atoms with Crippen LogP contribution in [0.4, 0.5) is 0 Å². The van der Waals surface area contributed by atoms with Gasteiger partial charge < -0.3 is 5.32 Å². The highest BCUT2D eigenvalue weighted by atomic mass is 32.1. The van der Waals surface area contributed by atoms with Gasteiger partial charge in [0.1, 0.15) is 0 Å². The SMILES string of the molecule is CCc1sc(C(=O)NCCc2ccccn2)cc1C. The molecule has 0 aliphatic carbocycles.